The number of hydrogen-bond donors (Lipinski definition) is 1. The molecule has 2 saturated heterocycles. The molecule has 0 spiro atoms. The zero-order valence-electron chi connectivity index (χ0n) is 10.2. The van der Waals surface area contributed by atoms with Crippen molar-refractivity contribution in [2.24, 2.45) is 5.92 Å². The zero-order chi connectivity index (χ0) is 12.5. The van der Waals surface area contributed by atoms with E-state index in [4.69, 9.17) is 0 Å². The van der Waals surface area contributed by atoms with E-state index >= 15 is 0 Å². The van der Waals surface area contributed by atoms with E-state index in [1.54, 1.807) is 18.2 Å². The first-order chi connectivity index (χ1) is 8.74. The zero-order valence-corrected chi connectivity index (χ0v) is 10.2. The van der Waals surface area contributed by atoms with Gasteiger partial charge in [-0.15, -0.1) is 0 Å². The van der Waals surface area contributed by atoms with Gasteiger partial charge in [0, 0.05) is 25.2 Å². The van der Waals surface area contributed by atoms with Gasteiger partial charge in [0.25, 0.3) is 5.69 Å². The molecule has 3 unspecified atom stereocenters. The first-order valence-electron chi connectivity index (χ1n) is 6.46. The summed E-state index contributed by atoms with van der Waals surface area (Å²) in [6.45, 7) is 3.42. The Morgan fingerprint density at radius 2 is 2.06 bits per heavy atom. The Kier molecular flexibility index (Phi) is 2.91. The Balaban J connectivity index is 1.78. The van der Waals surface area contributed by atoms with Gasteiger partial charge in [-0.1, -0.05) is 12.1 Å². The Bertz CT molecular complexity index is 463. The molecule has 3 atom stereocenters. The van der Waals surface area contributed by atoms with Crippen molar-refractivity contribution in [1.29, 1.82) is 0 Å². The Morgan fingerprint density at radius 3 is 2.89 bits per heavy atom. The maximum atomic E-state index is 11.0. The first-order valence-corrected chi connectivity index (χ1v) is 6.46. The standard InChI is InChI=1S/C13H17N3O2/c17-16(18)13-4-2-1-3-12(13)14-11-6-8-15-7-5-10(11)9-15/h1-4,10-11,14H,5-9H2. The number of piperidine rings is 1. The number of fused-ring (bicyclic) bond motifs is 2. The molecule has 0 saturated carbocycles. The molecule has 2 fully saturated rings. The van der Waals surface area contributed by atoms with Gasteiger partial charge in [-0.05, 0) is 31.4 Å². The molecule has 5 heteroatoms. The van der Waals surface area contributed by atoms with Crippen LogP contribution in [0.3, 0.4) is 0 Å². The maximum absolute atomic E-state index is 11.0. The predicted molar refractivity (Wildman–Crippen MR) is 69.7 cm³/mol. The molecule has 5 nitrogen and oxygen atoms in total. The van der Waals surface area contributed by atoms with E-state index in [1.165, 1.54) is 13.0 Å². The summed E-state index contributed by atoms with van der Waals surface area (Å²) in [6.07, 6.45) is 2.29. The highest BCUT2D eigenvalue weighted by atomic mass is 16.6. The molecule has 2 aliphatic rings. The van der Waals surface area contributed by atoms with E-state index < -0.39 is 0 Å². The molecule has 3 rings (SSSR count). The number of rotatable bonds is 3. The lowest BCUT2D eigenvalue weighted by Gasteiger charge is -2.31. The van der Waals surface area contributed by atoms with Gasteiger partial charge < -0.3 is 10.2 Å². The summed E-state index contributed by atoms with van der Waals surface area (Å²) in [6, 6.07) is 7.30. The van der Waals surface area contributed by atoms with Crippen LogP contribution in [0.2, 0.25) is 0 Å². The molecular weight excluding hydrogens is 230 g/mol. The van der Waals surface area contributed by atoms with Crippen molar-refractivity contribution in [2.75, 3.05) is 25.0 Å². The molecule has 2 bridgehead atoms. The minimum atomic E-state index is -0.313. The van der Waals surface area contributed by atoms with Gasteiger partial charge in [0.15, 0.2) is 0 Å². The average Bonchev–Trinajstić information content (AvgIpc) is 2.76. The fourth-order valence-corrected chi connectivity index (χ4v) is 3.10. The molecule has 0 aliphatic carbocycles. The molecule has 0 radical (unpaired) electrons. The average molecular weight is 247 g/mol. The number of nitrogens with one attached hydrogen (secondary N) is 1. The van der Waals surface area contributed by atoms with Crippen LogP contribution in [0.1, 0.15) is 12.8 Å². The van der Waals surface area contributed by atoms with Gasteiger partial charge >= 0.3 is 0 Å². The Labute approximate surface area is 106 Å². The van der Waals surface area contributed by atoms with Crippen molar-refractivity contribution in [1.82, 2.24) is 4.90 Å². The number of anilines is 1. The van der Waals surface area contributed by atoms with Crippen LogP contribution in [-0.4, -0.2) is 35.5 Å². The Morgan fingerprint density at radius 1 is 1.28 bits per heavy atom. The van der Waals surface area contributed by atoms with Crippen LogP contribution >= 0.6 is 0 Å². The van der Waals surface area contributed by atoms with Gasteiger partial charge in [-0.2, -0.15) is 0 Å². The minimum Gasteiger partial charge on any atom is -0.376 e. The van der Waals surface area contributed by atoms with Gasteiger partial charge in [0.2, 0.25) is 0 Å². The van der Waals surface area contributed by atoms with Crippen LogP contribution in [0.5, 0.6) is 0 Å². The van der Waals surface area contributed by atoms with Crippen molar-refractivity contribution >= 4 is 11.4 Å². The Hall–Kier alpha value is -1.62. The smallest absolute Gasteiger partial charge is 0.292 e. The third-order valence-corrected chi connectivity index (χ3v) is 4.08. The number of nitro benzene ring substituents is 1. The molecule has 1 aromatic rings. The highest BCUT2D eigenvalue weighted by Crippen LogP contribution is 2.32. The predicted octanol–water partition coefficient (Wildman–Crippen LogP) is 2.10. The summed E-state index contributed by atoms with van der Waals surface area (Å²) in [5, 5.41) is 14.4. The van der Waals surface area contributed by atoms with Crippen molar-refractivity contribution < 1.29 is 4.92 Å². The van der Waals surface area contributed by atoms with Gasteiger partial charge in [0.1, 0.15) is 5.69 Å². The van der Waals surface area contributed by atoms with Gasteiger partial charge in [0.05, 0.1) is 4.92 Å². The SMILES string of the molecule is O=[N+]([O-])c1ccccc1NC1CCN2CCC1C2. The second-order valence-corrected chi connectivity index (χ2v) is 5.16. The number of nitrogens with zero attached hydrogens (tertiary/aromatic N) is 2. The molecular formula is C13H17N3O2. The van der Waals surface area contributed by atoms with Crippen molar-refractivity contribution in [3.05, 3.63) is 34.4 Å². The largest absolute Gasteiger partial charge is 0.376 e. The lowest BCUT2D eigenvalue weighted by molar-refractivity contribution is -0.384. The van der Waals surface area contributed by atoms with Crippen molar-refractivity contribution in [2.45, 2.75) is 18.9 Å². The molecule has 1 N–H and O–H groups in total. The fourth-order valence-electron chi connectivity index (χ4n) is 3.10. The third kappa shape index (κ3) is 2.06. The van der Waals surface area contributed by atoms with Crippen LogP contribution in [0.4, 0.5) is 11.4 Å². The summed E-state index contributed by atoms with van der Waals surface area (Å²) in [5.41, 5.74) is 0.839. The molecule has 0 amide bonds. The molecule has 18 heavy (non-hydrogen) atoms. The van der Waals surface area contributed by atoms with Crippen LogP contribution in [0.15, 0.2) is 24.3 Å². The summed E-state index contributed by atoms with van der Waals surface area (Å²) in [4.78, 5) is 13.1. The third-order valence-electron chi connectivity index (χ3n) is 4.08. The summed E-state index contributed by atoms with van der Waals surface area (Å²) in [7, 11) is 0. The van der Waals surface area contributed by atoms with E-state index in [1.807, 2.05) is 6.07 Å². The second kappa shape index (κ2) is 4.57. The monoisotopic (exact) mass is 247 g/mol. The van der Waals surface area contributed by atoms with Crippen molar-refractivity contribution in [3.63, 3.8) is 0 Å². The highest BCUT2D eigenvalue weighted by molar-refractivity contribution is 5.61. The van der Waals surface area contributed by atoms with Gasteiger partial charge in [-0.3, -0.25) is 10.1 Å². The van der Waals surface area contributed by atoms with E-state index in [0.29, 0.717) is 17.6 Å². The lowest BCUT2D eigenvalue weighted by Crippen LogP contribution is -2.39. The quantitative estimate of drug-likeness (QED) is 0.656. The maximum Gasteiger partial charge on any atom is 0.292 e. The highest BCUT2D eigenvalue weighted by Gasteiger charge is 2.34. The molecule has 1 aromatic carbocycles. The number of para-hydroxylation sites is 2. The van der Waals surface area contributed by atoms with E-state index in [-0.39, 0.29) is 10.6 Å². The van der Waals surface area contributed by atoms with Crippen LogP contribution in [0.25, 0.3) is 0 Å². The molecule has 2 aliphatic heterocycles. The topological polar surface area (TPSA) is 58.4 Å². The van der Waals surface area contributed by atoms with E-state index in [9.17, 15) is 10.1 Å². The molecule has 2 heterocycles. The second-order valence-electron chi connectivity index (χ2n) is 5.16. The lowest BCUT2D eigenvalue weighted by atomic mass is 9.94. The van der Waals surface area contributed by atoms with Crippen LogP contribution in [0, 0.1) is 16.0 Å². The van der Waals surface area contributed by atoms with E-state index in [0.717, 1.165) is 19.5 Å². The molecule has 0 aromatic heterocycles. The molecule has 96 valence electrons. The number of benzene rings is 1. The summed E-state index contributed by atoms with van der Waals surface area (Å²) >= 11 is 0. The van der Waals surface area contributed by atoms with Crippen LogP contribution in [-0.2, 0) is 0 Å². The normalized spacial score (nSPS) is 30.1. The van der Waals surface area contributed by atoms with E-state index in [2.05, 4.69) is 10.2 Å². The summed E-state index contributed by atoms with van der Waals surface area (Å²) < 4.78 is 0. The first kappa shape index (κ1) is 11.5. The van der Waals surface area contributed by atoms with Gasteiger partial charge in [-0.25, -0.2) is 0 Å². The number of nitro groups is 1. The van der Waals surface area contributed by atoms with Crippen molar-refractivity contribution in [3.8, 4) is 0 Å². The van der Waals surface area contributed by atoms with Crippen LogP contribution < -0.4 is 5.32 Å². The summed E-state index contributed by atoms with van der Waals surface area (Å²) in [5.74, 6) is 0.638. The number of hydrogen-bond acceptors (Lipinski definition) is 4. The minimum absolute atomic E-state index is 0.179. The fraction of sp³-hybridized carbons (Fsp3) is 0.538.